The number of halogens is 2. The van der Waals surface area contributed by atoms with Crippen LogP contribution in [-0.2, 0) is 0 Å². The molecular formula is C31H23Br2NO6. The maximum absolute atomic E-state index is 10.9. The first-order chi connectivity index (χ1) is 19.3. The summed E-state index contributed by atoms with van der Waals surface area (Å²) in [5.74, 6) is -2.82. The van der Waals surface area contributed by atoms with Crippen molar-refractivity contribution < 1.29 is 29.9 Å². The van der Waals surface area contributed by atoms with Gasteiger partial charge in [0.1, 0.15) is 11.3 Å². The van der Waals surface area contributed by atoms with Crippen LogP contribution in [0.1, 0.15) is 0 Å². The third kappa shape index (κ3) is 4.57. The van der Waals surface area contributed by atoms with Crippen molar-refractivity contribution in [3.63, 3.8) is 0 Å². The SMILES string of the molecule is CBr.Oc1c(O)c(O)c(N(c2ccc(-c3ccccc3)cc2)c2cc(Br)cc3c2oc2ccccc23)c(O)c1O. The molecule has 0 aliphatic heterocycles. The summed E-state index contributed by atoms with van der Waals surface area (Å²) in [4.78, 5) is 1.45. The minimum Gasteiger partial charge on any atom is -0.503 e. The third-order valence-electron chi connectivity index (χ3n) is 6.47. The molecule has 0 radical (unpaired) electrons. The highest BCUT2D eigenvalue weighted by atomic mass is 79.9. The maximum atomic E-state index is 10.9. The van der Waals surface area contributed by atoms with Crippen molar-refractivity contribution in [1.82, 2.24) is 0 Å². The topological polar surface area (TPSA) is 118 Å². The highest BCUT2D eigenvalue weighted by molar-refractivity contribution is 9.10. The number of benzene rings is 5. The van der Waals surface area contributed by atoms with E-state index in [1.807, 2.05) is 78.6 Å². The molecule has 0 saturated carbocycles. The average molecular weight is 665 g/mol. The predicted molar refractivity (Wildman–Crippen MR) is 165 cm³/mol. The van der Waals surface area contributed by atoms with E-state index in [-0.39, 0.29) is 5.69 Å². The molecule has 0 aliphatic rings. The minimum atomic E-state index is -1.04. The van der Waals surface area contributed by atoms with Crippen molar-refractivity contribution >= 4 is 70.9 Å². The van der Waals surface area contributed by atoms with Crippen LogP contribution in [0.2, 0.25) is 0 Å². The van der Waals surface area contributed by atoms with Gasteiger partial charge in [-0.15, -0.1) is 0 Å². The molecule has 5 aromatic carbocycles. The van der Waals surface area contributed by atoms with Gasteiger partial charge in [-0.05, 0) is 47.3 Å². The first kappa shape index (κ1) is 27.2. The number of para-hydroxylation sites is 1. The zero-order chi connectivity index (χ0) is 28.6. The van der Waals surface area contributed by atoms with Crippen molar-refractivity contribution in [2.24, 2.45) is 0 Å². The second kappa shape index (κ2) is 11.0. The highest BCUT2D eigenvalue weighted by Gasteiger charge is 2.31. The Morgan fingerprint density at radius 2 is 1.15 bits per heavy atom. The standard InChI is InChI=1S/C30H20BrNO6.CH3Br/c31-18-14-21-20-8-4-5-9-23(20)38-30(21)22(15-18)32(24-25(33)27(35)29(37)28(36)26(24)34)19-12-10-17(11-13-19)16-6-2-1-3-7-16;1-2/h1-15,33-37H;1H3. The van der Waals surface area contributed by atoms with Crippen molar-refractivity contribution in [3.8, 4) is 39.9 Å². The number of furan rings is 1. The number of fused-ring (bicyclic) bond motifs is 3. The number of hydrogen-bond donors (Lipinski definition) is 5. The van der Waals surface area contributed by atoms with Gasteiger partial charge in [0.05, 0.1) is 5.69 Å². The van der Waals surface area contributed by atoms with Crippen LogP contribution >= 0.6 is 31.9 Å². The molecule has 0 amide bonds. The number of anilines is 3. The smallest absolute Gasteiger partial charge is 0.208 e. The molecule has 0 aliphatic carbocycles. The lowest BCUT2D eigenvalue weighted by Gasteiger charge is -2.28. The lowest BCUT2D eigenvalue weighted by molar-refractivity contribution is 0.329. The molecule has 6 rings (SSSR count). The normalized spacial score (nSPS) is 10.9. The number of rotatable bonds is 4. The van der Waals surface area contributed by atoms with E-state index < -0.39 is 28.7 Å². The molecule has 0 atom stereocenters. The fourth-order valence-corrected chi connectivity index (χ4v) is 5.09. The van der Waals surface area contributed by atoms with Crippen molar-refractivity contribution in [1.29, 1.82) is 0 Å². The van der Waals surface area contributed by atoms with Gasteiger partial charge < -0.3 is 34.8 Å². The number of nitrogens with zero attached hydrogens (tertiary/aromatic N) is 1. The number of alkyl halides is 1. The first-order valence-electron chi connectivity index (χ1n) is 12.0. The van der Waals surface area contributed by atoms with Crippen LogP contribution in [0.15, 0.2) is 99.9 Å². The van der Waals surface area contributed by atoms with Crippen molar-refractivity contribution in [2.75, 3.05) is 10.7 Å². The van der Waals surface area contributed by atoms with Gasteiger partial charge in [0, 0.05) is 20.9 Å². The van der Waals surface area contributed by atoms with Gasteiger partial charge in [-0.3, -0.25) is 0 Å². The Bertz CT molecular complexity index is 1810. The molecule has 9 heteroatoms. The van der Waals surface area contributed by atoms with Gasteiger partial charge >= 0.3 is 0 Å². The summed E-state index contributed by atoms with van der Waals surface area (Å²) in [5.41, 5.74) is 3.52. The summed E-state index contributed by atoms with van der Waals surface area (Å²) in [5, 5.41) is 54.3. The van der Waals surface area contributed by atoms with Crippen LogP contribution < -0.4 is 4.90 Å². The molecule has 1 heterocycles. The average Bonchev–Trinajstić information content (AvgIpc) is 3.37. The Labute approximate surface area is 246 Å². The van der Waals surface area contributed by atoms with Crippen LogP contribution in [0.4, 0.5) is 17.1 Å². The largest absolute Gasteiger partial charge is 0.503 e. The minimum absolute atomic E-state index is 0.342. The molecule has 7 nitrogen and oxygen atoms in total. The molecule has 0 spiro atoms. The molecule has 0 fully saturated rings. The molecule has 1 aromatic heterocycles. The Balaban J connectivity index is 0.00000158. The summed E-state index contributed by atoms with van der Waals surface area (Å²) >= 11 is 6.49. The second-order valence-corrected chi connectivity index (χ2v) is 9.66. The Morgan fingerprint density at radius 3 is 1.80 bits per heavy atom. The zero-order valence-corrected chi connectivity index (χ0v) is 24.2. The Morgan fingerprint density at radius 1 is 0.600 bits per heavy atom. The van der Waals surface area contributed by atoms with Gasteiger partial charge in [-0.2, -0.15) is 0 Å². The first-order valence-corrected chi connectivity index (χ1v) is 14.4. The van der Waals surface area contributed by atoms with Crippen LogP contribution in [0.5, 0.6) is 28.7 Å². The predicted octanol–water partition coefficient (Wildman–Crippen LogP) is 9.02. The van der Waals surface area contributed by atoms with Crippen molar-refractivity contribution in [3.05, 3.63) is 95.5 Å². The quantitative estimate of drug-likeness (QED) is 0.0725. The fourth-order valence-electron chi connectivity index (χ4n) is 4.65. The number of phenols is 5. The van der Waals surface area contributed by atoms with E-state index in [4.69, 9.17) is 4.42 Å². The Hall–Kier alpha value is -4.34. The van der Waals surface area contributed by atoms with E-state index >= 15 is 0 Å². The lowest BCUT2D eigenvalue weighted by Crippen LogP contribution is -2.11. The van der Waals surface area contributed by atoms with Crippen LogP contribution in [0, 0.1) is 0 Å². The van der Waals surface area contributed by atoms with E-state index in [9.17, 15) is 25.5 Å². The summed E-state index contributed by atoms with van der Waals surface area (Å²) in [7, 11) is 0. The monoisotopic (exact) mass is 663 g/mol. The van der Waals surface area contributed by atoms with Crippen LogP contribution in [0.25, 0.3) is 33.1 Å². The lowest BCUT2D eigenvalue weighted by atomic mass is 10.0. The van der Waals surface area contributed by atoms with Gasteiger partial charge in [0.2, 0.25) is 17.2 Å². The zero-order valence-electron chi connectivity index (χ0n) is 21.0. The van der Waals surface area contributed by atoms with Crippen LogP contribution in [0.3, 0.4) is 0 Å². The maximum Gasteiger partial charge on any atom is 0.208 e. The summed E-state index contributed by atoms with van der Waals surface area (Å²) in [6.45, 7) is 0. The van der Waals surface area contributed by atoms with Gasteiger partial charge in [0.25, 0.3) is 0 Å². The summed E-state index contributed by atoms with van der Waals surface area (Å²) in [6, 6.07) is 28.2. The summed E-state index contributed by atoms with van der Waals surface area (Å²) in [6.07, 6.45) is 0. The number of phenolic OH excluding ortho intramolecular Hbond substituents is 5. The highest BCUT2D eigenvalue weighted by Crippen LogP contribution is 2.59. The second-order valence-electron chi connectivity index (χ2n) is 8.74. The third-order valence-corrected chi connectivity index (χ3v) is 6.92. The molecule has 0 bridgehead atoms. The molecule has 0 unspecified atom stereocenters. The van der Waals surface area contributed by atoms with Gasteiger partial charge in [-0.1, -0.05) is 92.5 Å². The summed E-state index contributed by atoms with van der Waals surface area (Å²) < 4.78 is 6.90. The van der Waals surface area contributed by atoms with E-state index in [2.05, 4.69) is 31.9 Å². The van der Waals surface area contributed by atoms with E-state index in [0.29, 0.717) is 27.0 Å². The van der Waals surface area contributed by atoms with Crippen LogP contribution in [-0.4, -0.2) is 31.4 Å². The van der Waals surface area contributed by atoms with Crippen molar-refractivity contribution in [2.45, 2.75) is 0 Å². The number of aromatic hydroxyl groups is 5. The van der Waals surface area contributed by atoms with E-state index in [1.165, 1.54) is 4.90 Å². The Kier molecular flexibility index (Phi) is 7.51. The van der Waals surface area contributed by atoms with E-state index in [1.54, 1.807) is 18.2 Å². The van der Waals surface area contributed by atoms with E-state index in [0.717, 1.165) is 21.9 Å². The molecule has 202 valence electrons. The molecule has 6 aromatic rings. The van der Waals surface area contributed by atoms with Gasteiger partial charge in [-0.25, -0.2) is 0 Å². The fraction of sp³-hybridized carbons (Fsp3) is 0.0323. The molecular weight excluding hydrogens is 642 g/mol. The molecule has 0 saturated heterocycles. The number of hydrogen-bond acceptors (Lipinski definition) is 7. The molecule has 5 N–H and O–H groups in total. The van der Waals surface area contributed by atoms with Gasteiger partial charge in [0.15, 0.2) is 17.1 Å². The molecule has 40 heavy (non-hydrogen) atoms.